The summed E-state index contributed by atoms with van der Waals surface area (Å²) in [5.74, 6) is 2.59. The van der Waals surface area contributed by atoms with E-state index in [0.29, 0.717) is 29.6 Å². The van der Waals surface area contributed by atoms with Gasteiger partial charge in [0.15, 0.2) is 11.5 Å². The van der Waals surface area contributed by atoms with E-state index in [9.17, 15) is 4.79 Å². The van der Waals surface area contributed by atoms with Crippen LogP contribution in [0.1, 0.15) is 19.3 Å². The van der Waals surface area contributed by atoms with Crippen molar-refractivity contribution in [3.8, 4) is 17.2 Å². The number of nitrogens with one attached hydrogen (secondary N) is 2. The number of carbonyl (C=O) groups excluding carboxylic acids is 1. The zero-order chi connectivity index (χ0) is 17.5. The standard InChI is InChI=1S/C20H24N2O3/c1-24-18-4-2-3-5-19(18)25-17-8-6-16(7-9-17)22-20(23)14-15-10-12-21-13-11-15/h2-9,15,21H,10-14H2,1H3,(H,22,23). The molecule has 2 N–H and O–H groups in total. The van der Waals surface area contributed by atoms with Crippen molar-refractivity contribution in [3.05, 3.63) is 48.5 Å². The van der Waals surface area contributed by atoms with Gasteiger partial charge in [-0.25, -0.2) is 0 Å². The Morgan fingerprint density at radius 3 is 2.44 bits per heavy atom. The van der Waals surface area contributed by atoms with Gasteiger partial charge in [0.05, 0.1) is 7.11 Å². The van der Waals surface area contributed by atoms with Crippen molar-refractivity contribution in [1.82, 2.24) is 5.32 Å². The maximum Gasteiger partial charge on any atom is 0.224 e. The lowest BCUT2D eigenvalue weighted by Gasteiger charge is -2.21. The summed E-state index contributed by atoms with van der Waals surface area (Å²) < 4.78 is 11.1. The number of carbonyl (C=O) groups is 1. The number of methoxy groups -OCH3 is 1. The molecule has 0 spiro atoms. The summed E-state index contributed by atoms with van der Waals surface area (Å²) in [6, 6.07) is 14.9. The first-order valence-electron chi connectivity index (χ1n) is 8.66. The summed E-state index contributed by atoms with van der Waals surface area (Å²) in [4.78, 5) is 12.2. The van der Waals surface area contributed by atoms with Crippen LogP contribution in [0.4, 0.5) is 5.69 Å². The van der Waals surface area contributed by atoms with E-state index >= 15 is 0 Å². The van der Waals surface area contributed by atoms with Gasteiger partial charge in [-0.2, -0.15) is 0 Å². The third-order valence-electron chi connectivity index (χ3n) is 4.37. The summed E-state index contributed by atoms with van der Waals surface area (Å²) in [6.07, 6.45) is 2.72. The second kappa shape index (κ2) is 8.53. The highest BCUT2D eigenvalue weighted by atomic mass is 16.5. The van der Waals surface area contributed by atoms with Gasteiger partial charge in [0.1, 0.15) is 5.75 Å². The average molecular weight is 340 g/mol. The molecule has 5 nitrogen and oxygen atoms in total. The fourth-order valence-corrected chi connectivity index (χ4v) is 3.00. The molecule has 25 heavy (non-hydrogen) atoms. The zero-order valence-corrected chi connectivity index (χ0v) is 14.5. The minimum atomic E-state index is 0.0743. The molecule has 1 saturated heterocycles. The second-order valence-corrected chi connectivity index (χ2v) is 6.22. The highest BCUT2D eigenvalue weighted by Gasteiger charge is 2.16. The predicted octanol–water partition coefficient (Wildman–Crippen LogP) is 3.82. The topological polar surface area (TPSA) is 59.6 Å². The molecule has 1 fully saturated rings. The molecule has 0 bridgehead atoms. The van der Waals surface area contributed by atoms with Gasteiger partial charge in [-0.15, -0.1) is 0 Å². The molecule has 132 valence electrons. The first kappa shape index (κ1) is 17.3. The van der Waals surface area contributed by atoms with Gasteiger partial charge in [0.2, 0.25) is 5.91 Å². The van der Waals surface area contributed by atoms with E-state index in [2.05, 4.69) is 10.6 Å². The number of hydrogen-bond acceptors (Lipinski definition) is 4. The van der Waals surface area contributed by atoms with E-state index in [0.717, 1.165) is 31.6 Å². The highest BCUT2D eigenvalue weighted by Crippen LogP contribution is 2.31. The Bertz CT molecular complexity index is 694. The molecule has 2 aromatic carbocycles. The molecule has 0 radical (unpaired) electrons. The maximum atomic E-state index is 12.2. The van der Waals surface area contributed by atoms with E-state index in [1.54, 1.807) is 7.11 Å². The smallest absolute Gasteiger partial charge is 0.224 e. The van der Waals surface area contributed by atoms with Crippen molar-refractivity contribution in [1.29, 1.82) is 0 Å². The summed E-state index contributed by atoms with van der Waals surface area (Å²) >= 11 is 0. The Morgan fingerprint density at radius 1 is 1.08 bits per heavy atom. The summed E-state index contributed by atoms with van der Waals surface area (Å²) in [5.41, 5.74) is 0.784. The van der Waals surface area contributed by atoms with E-state index in [-0.39, 0.29) is 5.91 Å². The highest BCUT2D eigenvalue weighted by molar-refractivity contribution is 5.90. The largest absolute Gasteiger partial charge is 0.493 e. The molecule has 1 heterocycles. The first-order valence-corrected chi connectivity index (χ1v) is 8.66. The summed E-state index contributed by atoms with van der Waals surface area (Å²) in [6.45, 7) is 2.01. The predicted molar refractivity (Wildman–Crippen MR) is 98.4 cm³/mol. The Labute approximate surface area is 148 Å². The van der Waals surface area contributed by atoms with Crippen LogP contribution in [-0.4, -0.2) is 26.1 Å². The van der Waals surface area contributed by atoms with Crippen molar-refractivity contribution >= 4 is 11.6 Å². The molecule has 2 aromatic rings. The van der Waals surface area contributed by atoms with Crippen LogP contribution in [0, 0.1) is 5.92 Å². The van der Waals surface area contributed by atoms with Gasteiger partial charge < -0.3 is 20.1 Å². The molecule has 0 unspecified atom stereocenters. The number of amides is 1. The number of hydrogen-bond donors (Lipinski definition) is 2. The van der Waals surface area contributed by atoms with Gasteiger partial charge in [-0.05, 0) is 68.2 Å². The van der Waals surface area contributed by atoms with Gasteiger partial charge in [-0.1, -0.05) is 12.1 Å². The molecular formula is C20H24N2O3. The lowest BCUT2D eigenvalue weighted by Crippen LogP contribution is -2.30. The summed E-state index contributed by atoms with van der Waals surface area (Å²) in [5, 5.41) is 6.28. The average Bonchev–Trinajstić information content (AvgIpc) is 2.64. The quantitative estimate of drug-likeness (QED) is 0.839. The number of benzene rings is 2. The van der Waals surface area contributed by atoms with Crippen LogP contribution >= 0.6 is 0 Å². The lowest BCUT2D eigenvalue weighted by molar-refractivity contribution is -0.117. The molecular weight excluding hydrogens is 316 g/mol. The Morgan fingerprint density at radius 2 is 1.76 bits per heavy atom. The van der Waals surface area contributed by atoms with E-state index in [1.165, 1.54) is 0 Å². The second-order valence-electron chi connectivity index (χ2n) is 6.22. The van der Waals surface area contributed by atoms with E-state index < -0.39 is 0 Å². The minimum absolute atomic E-state index is 0.0743. The van der Waals surface area contributed by atoms with Crippen LogP contribution in [0.3, 0.4) is 0 Å². The van der Waals surface area contributed by atoms with Gasteiger partial charge in [0, 0.05) is 12.1 Å². The third-order valence-corrected chi connectivity index (χ3v) is 4.37. The number of rotatable bonds is 6. The van der Waals surface area contributed by atoms with Crippen LogP contribution in [0.2, 0.25) is 0 Å². The lowest BCUT2D eigenvalue weighted by atomic mass is 9.94. The van der Waals surface area contributed by atoms with Crippen molar-refractivity contribution < 1.29 is 14.3 Å². The molecule has 3 rings (SSSR count). The van der Waals surface area contributed by atoms with E-state index in [1.807, 2.05) is 48.5 Å². The molecule has 1 aliphatic rings. The van der Waals surface area contributed by atoms with Crippen LogP contribution in [0.15, 0.2) is 48.5 Å². The van der Waals surface area contributed by atoms with Crippen LogP contribution in [0.25, 0.3) is 0 Å². The normalized spacial score (nSPS) is 14.8. The number of anilines is 1. The number of para-hydroxylation sites is 2. The number of ether oxygens (including phenoxy) is 2. The van der Waals surface area contributed by atoms with Crippen LogP contribution in [-0.2, 0) is 4.79 Å². The minimum Gasteiger partial charge on any atom is -0.493 e. The molecule has 1 aliphatic heterocycles. The fraction of sp³-hybridized carbons (Fsp3) is 0.350. The molecule has 0 aliphatic carbocycles. The van der Waals surface area contributed by atoms with Gasteiger partial charge >= 0.3 is 0 Å². The van der Waals surface area contributed by atoms with Crippen LogP contribution in [0.5, 0.6) is 17.2 Å². The monoisotopic (exact) mass is 340 g/mol. The Kier molecular flexibility index (Phi) is 5.90. The van der Waals surface area contributed by atoms with Crippen molar-refractivity contribution in [2.24, 2.45) is 5.92 Å². The van der Waals surface area contributed by atoms with Crippen molar-refractivity contribution in [3.63, 3.8) is 0 Å². The third kappa shape index (κ3) is 4.97. The molecule has 1 amide bonds. The molecule has 0 saturated carbocycles. The number of piperidine rings is 1. The van der Waals surface area contributed by atoms with Crippen molar-refractivity contribution in [2.45, 2.75) is 19.3 Å². The Hall–Kier alpha value is -2.53. The maximum absolute atomic E-state index is 12.2. The molecule has 0 aromatic heterocycles. The molecule has 0 atom stereocenters. The van der Waals surface area contributed by atoms with Gasteiger partial charge in [-0.3, -0.25) is 4.79 Å². The van der Waals surface area contributed by atoms with Gasteiger partial charge in [0.25, 0.3) is 0 Å². The molecule has 5 heteroatoms. The Balaban J connectivity index is 1.55. The van der Waals surface area contributed by atoms with Crippen molar-refractivity contribution in [2.75, 3.05) is 25.5 Å². The SMILES string of the molecule is COc1ccccc1Oc1ccc(NC(=O)CC2CCNCC2)cc1. The summed E-state index contributed by atoms with van der Waals surface area (Å²) in [7, 11) is 1.61. The van der Waals surface area contributed by atoms with Crippen LogP contribution < -0.4 is 20.1 Å². The zero-order valence-electron chi connectivity index (χ0n) is 14.5. The van der Waals surface area contributed by atoms with E-state index in [4.69, 9.17) is 9.47 Å². The fourth-order valence-electron chi connectivity index (χ4n) is 3.00. The first-order chi connectivity index (χ1) is 12.2.